The van der Waals surface area contributed by atoms with Gasteiger partial charge in [-0.3, -0.25) is 14.3 Å². The lowest BCUT2D eigenvalue weighted by molar-refractivity contribution is -0.116. The molecule has 1 aromatic heterocycles. The molecule has 0 spiro atoms. The van der Waals surface area contributed by atoms with Gasteiger partial charge in [-0.1, -0.05) is 11.6 Å². The largest absolute Gasteiger partial charge is 0.399 e. The summed E-state index contributed by atoms with van der Waals surface area (Å²) in [6, 6.07) is 4.77. The second-order valence-electron chi connectivity index (χ2n) is 4.08. The van der Waals surface area contributed by atoms with Crippen LogP contribution in [0.5, 0.6) is 0 Å². The lowest BCUT2D eigenvalue weighted by Crippen LogP contribution is -2.19. The first-order valence-electron chi connectivity index (χ1n) is 5.63. The van der Waals surface area contributed by atoms with Crippen molar-refractivity contribution in [2.75, 3.05) is 11.1 Å². The molecule has 104 valence electrons. The van der Waals surface area contributed by atoms with Gasteiger partial charge in [0.25, 0.3) is 5.91 Å². The lowest BCUT2D eigenvalue weighted by atomic mass is 10.3. The molecule has 2 aromatic rings. The number of primary amides is 1. The van der Waals surface area contributed by atoms with Gasteiger partial charge in [0.15, 0.2) is 0 Å². The van der Waals surface area contributed by atoms with Crippen LogP contribution < -0.4 is 16.8 Å². The predicted octanol–water partition coefficient (Wildman–Crippen LogP) is 0.856. The van der Waals surface area contributed by atoms with Crippen molar-refractivity contribution in [3.63, 3.8) is 0 Å². The third-order valence-corrected chi connectivity index (χ3v) is 2.80. The number of hydrogen-bond acceptors (Lipinski definition) is 4. The Kier molecular flexibility index (Phi) is 3.90. The van der Waals surface area contributed by atoms with Crippen LogP contribution in [0.2, 0.25) is 5.02 Å². The molecule has 1 aromatic carbocycles. The van der Waals surface area contributed by atoms with Crippen molar-refractivity contribution in [2.45, 2.75) is 6.54 Å². The van der Waals surface area contributed by atoms with Gasteiger partial charge in [0.2, 0.25) is 5.91 Å². The molecule has 0 aliphatic carbocycles. The Morgan fingerprint density at radius 1 is 1.40 bits per heavy atom. The zero-order valence-electron chi connectivity index (χ0n) is 10.3. The molecular formula is C12H12ClN5O2. The van der Waals surface area contributed by atoms with Gasteiger partial charge in [0.05, 0.1) is 22.5 Å². The Bertz CT molecular complexity index is 668. The zero-order chi connectivity index (χ0) is 14.7. The van der Waals surface area contributed by atoms with Gasteiger partial charge in [0, 0.05) is 11.9 Å². The second kappa shape index (κ2) is 5.62. The maximum Gasteiger partial charge on any atom is 0.251 e. The minimum absolute atomic E-state index is 0.0615. The summed E-state index contributed by atoms with van der Waals surface area (Å²) >= 11 is 5.94. The first kappa shape index (κ1) is 13.9. The van der Waals surface area contributed by atoms with E-state index >= 15 is 0 Å². The fraction of sp³-hybridized carbons (Fsp3) is 0.0833. The van der Waals surface area contributed by atoms with Crippen molar-refractivity contribution >= 4 is 34.8 Å². The molecule has 5 N–H and O–H groups in total. The molecule has 0 saturated carbocycles. The number of benzene rings is 1. The summed E-state index contributed by atoms with van der Waals surface area (Å²) in [5, 5.41) is 6.82. The van der Waals surface area contributed by atoms with Gasteiger partial charge in [-0.2, -0.15) is 5.10 Å². The molecule has 0 aliphatic heterocycles. The van der Waals surface area contributed by atoms with E-state index in [1.54, 1.807) is 12.1 Å². The summed E-state index contributed by atoms with van der Waals surface area (Å²) in [6.45, 7) is -0.0615. The Labute approximate surface area is 119 Å². The van der Waals surface area contributed by atoms with Crippen LogP contribution in [-0.2, 0) is 11.3 Å². The highest BCUT2D eigenvalue weighted by Gasteiger charge is 2.09. The summed E-state index contributed by atoms with van der Waals surface area (Å²) < 4.78 is 1.31. The Morgan fingerprint density at radius 2 is 2.15 bits per heavy atom. The van der Waals surface area contributed by atoms with E-state index in [0.717, 1.165) is 0 Å². The SMILES string of the molecule is NC(=O)c1cnn(CC(=O)Nc2ccc(N)cc2Cl)c1. The number of carbonyl (C=O) groups excluding carboxylic acids is 2. The van der Waals surface area contributed by atoms with Crippen LogP contribution in [0.1, 0.15) is 10.4 Å². The van der Waals surface area contributed by atoms with E-state index in [1.165, 1.54) is 23.1 Å². The monoisotopic (exact) mass is 293 g/mol. The quantitative estimate of drug-likeness (QED) is 0.725. The van der Waals surface area contributed by atoms with Gasteiger partial charge in [-0.25, -0.2) is 0 Å². The third kappa shape index (κ3) is 3.27. The van der Waals surface area contributed by atoms with Gasteiger partial charge < -0.3 is 16.8 Å². The van der Waals surface area contributed by atoms with E-state index in [9.17, 15) is 9.59 Å². The highest BCUT2D eigenvalue weighted by atomic mass is 35.5. The number of nitrogens with zero attached hydrogens (tertiary/aromatic N) is 2. The molecule has 7 nitrogen and oxygen atoms in total. The first-order chi connectivity index (χ1) is 9.45. The highest BCUT2D eigenvalue weighted by molar-refractivity contribution is 6.34. The molecule has 20 heavy (non-hydrogen) atoms. The summed E-state index contributed by atoms with van der Waals surface area (Å²) in [6.07, 6.45) is 2.69. The van der Waals surface area contributed by atoms with E-state index in [0.29, 0.717) is 16.4 Å². The smallest absolute Gasteiger partial charge is 0.251 e. The Hall–Kier alpha value is -2.54. The number of hydrogen-bond donors (Lipinski definition) is 3. The minimum atomic E-state index is -0.599. The molecule has 0 fully saturated rings. The average molecular weight is 294 g/mol. The molecule has 0 unspecified atom stereocenters. The van der Waals surface area contributed by atoms with E-state index in [1.807, 2.05) is 0 Å². The number of nitrogens with two attached hydrogens (primary N) is 2. The average Bonchev–Trinajstić information content (AvgIpc) is 2.81. The number of amides is 2. The first-order valence-corrected chi connectivity index (χ1v) is 6.00. The number of carbonyl (C=O) groups is 2. The van der Waals surface area contributed by atoms with Crippen LogP contribution >= 0.6 is 11.6 Å². The van der Waals surface area contributed by atoms with Crippen molar-refractivity contribution in [3.8, 4) is 0 Å². The molecule has 0 atom stereocenters. The molecule has 8 heteroatoms. The number of aromatic nitrogens is 2. The highest BCUT2D eigenvalue weighted by Crippen LogP contribution is 2.23. The van der Waals surface area contributed by atoms with Crippen molar-refractivity contribution in [3.05, 3.63) is 41.2 Å². The van der Waals surface area contributed by atoms with Crippen LogP contribution in [0.3, 0.4) is 0 Å². The van der Waals surface area contributed by atoms with Crippen LogP contribution in [0.4, 0.5) is 11.4 Å². The Balaban J connectivity index is 2.03. The number of anilines is 2. The van der Waals surface area contributed by atoms with Gasteiger partial charge in [0.1, 0.15) is 6.54 Å². The molecule has 0 saturated heterocycles. The number of nitrogens with one attached hydrogen (secondary N) is 1. The van der Waals surface area contributed by atoms with Crippen molar-refractivity contribution < 1.29 is 9.59 Å². The molecule has 2 rings (SSSR count). The van der Waals surface area contributed by atoms with Gasteiger partial charge in [-0.05, 0) is 18.2 Å². The van der Waals surface area contributed by atoms with Gasteiger partial charge in [-0.15, -0.1) is 0 Å². The number of nitrogen functional groups attached to an aromatic ring is 1. The molecular weight excluding hydrogens is 282 g/mol. The van der Waals surface area contributed by atoms with Crippen LogP contribution in [0.15, 0.2) is 30.6 Å². The molecule has 0 bridgehead atoms. The Morgan fingerprint density at radius 3 is 2.75 bits per heavy atom. The van der Waals surface area contributed by atoms with Gasteiger partial charge >= 0.3 is 0 Å². The molecule has 0 aliphatic rings. The van der Waals surface area contributed by atoms with Crippen molar-refractivity contribution in [1.82, 2.24) is 9.78 Å². The fourth-order valence-corrected chi connectivity index (χ4v) is 1.78. The summed E-state index contributed by atoms with van der Waals surface area (Å²) in [5.41, 5.74) is 11.8. The predicted molar refractivity (Wildman–Crippen MR) is 75.2 cm³/mol. The summed E-state index contributed by atoms with van der Waals surface area (Å²) in [7, 11) is 0. The lowest BCUT2D eigenvalue weighted by Gasteiger charge is -2.07. The summed E-state index contributed by atoms with van der Waals surface area (Å²) in [5.74, 6) is -0.936. The van der Waals surface area contributed by atoms with E-state index in [2.05, 4.69) is 10.4 Å². The summed E-state index contributed by atoms with van der Waals surface area (Å²) in [4.78, 5) is 22.7. The fourth-order valence-electron chi connectivity index (χ4n) is 1.55. The third-order valence-electron chi connectivity index (χ3n) is 2.49. The maximum absolute atomic E-state index is 11.8. The van der Waals surface area contributed by atoms with Crippen LogP contribution in [-0.4, -0.2) is 21.6 Å². The van der Waals surface area contributed by atoms with E-state index in [4.69, 9.17) is 23.1 Å². The second-order valence-corrected chi connectivity index (χ2v) is 4.49. The standard InChI is InChI=1S/C12H12ClN5O2/c13-9-3-8(14)1-2-10(9)17-11(19)6-18-5-7(4-16-18)12(15)20/h1-5H,6,14H2,(H2,15,20)(H,17,19). The topological polar surface area (TPSA) is 116 Å². The molecule has 0 radical (unpaired) electrons. The van der Waals surface area contributed by atoms with Crippen molar-refractivity contribution in [2.24, 2.45) is 5.73 Å². The minimum Gasteiger partial charge on any atom is -0.399 e. The normalized spacial score (nSPS) is 10.2. The van der Waals surface area contributed by atoms with E-state index in [-0.39, 0.29) is 18.0 Å². The molecule has 2 amide bonds. The molecule has 1 heterocycles. The van der Waals surface area contributed by atoms with Crippen molar-refractivity contribution in [1.29, 1.82) is 0 Å². The number of rotatable bonds is 4. The van der Waals surface area contributed by atoms with Crippen LogP contribution in [0, 0.1) is 0 Å². The zero-order valence-corrected chi connectivity index (χ0v) is 11.1. The maximum atomic E-state index is 11.8. The number of halogens is 1. The van der Waals surface area contributed by atoms with Crippen LogP contribution in [0.25, 0.3) is 0 Å². The van der Waals surface area contributed by atoms with E-state index < -0.39 is 5.91 Å².